The molecule has 1 fully saturated rings. The van der Waals surface area contributed by atoms with Gasteiger partial charge in [-0.25, -0.2) is 9.97 Å². The molecule has 9 nitrogen and oxygen atoms in total. The highest BCUT2D eigenvalue weighted by Crippen LogP contribution is 2.29. The summed E-state index contributed by atoms with van der Waals surface area (Å²) in [7, 11) is 1.59. The van der Waals surface area contributed by atoms with E-state index in [-0.39, 0.29) is 5.91 Å². The van der Waals surface area contributed by atoms with Gasteiger partial charge in [-0.05, 0) is 92.9 Å². The first-order valence-corrected chi connectivity index (χ1v) is 14.6. The van der Waals surface area contributed by atoms with Crippen LogP contribution in [0.1, 0.15) is 28.9 Å². The summed E-state index contributed by atoms with van der Waals surface area (Å²) < 4.78 is 11.2. The molecular formula is C31H35N5O4S. The second-order valence-electron chi connectivity index (χ2n) is 9.93. The minimum Gasteiger partial charge on any atom is -0.497 e. The third-order valence-corrected chi connectivity index (χ3v) is 8.14. The number of aliphatic hydroxyl groups is 1. The van der Waals surface area contributed by atoms with Crippen molar-refractivity contribution in [2.75, 3.05) is 50.6 Å². The van der Waals surface area contributed by atoms with Crippen molar-refractivity contribution >= 4 is 34.6 Å². The minimum absolute atomic E-state index is 0.188. The van der Waals surface area contributed by atoms with Gasteiger partial charge in [0.1, 0.15) is 11.5 Å². The van der Waals surface area contributed by atoms with Crippen LogP contribution in [-0.4, -0.2) is 65.8 Å². The van der Waals surface area contributed by atoms with E-state index < -0.39 is 0 Å². The maximum absolute atomic E-state index is 12.8. The van der Waals surface area contributed by atoms with Crippen molar-refractivity contribution in [2.45, 2.75) is 19.3 Å². The molecule has 0 unspecified atom stereocenters. The number of ether oxygens (including phenoxy) is 2. The molecule has 0 radical (unpaired) electrons. The molecule has 0 saturated carbocycles. The number of hydrogen-bond donors (Lipinski definition) is 3. The molecule has 2 aromatic heterocycles. The zero-order chi connectivity index (χ0) is 28.4. The lowest BCUT2D eigenvalue weighted by Gasteiger charge is -2.30. The van der Waals surface area contributed by atoms with Crippen LogP contribution in [0.25, 0.3) is 10.6 Å². The number of carbonyl (C=O) groups is 1. The number of nitrogens with zero attached hydrogens (tertiary/aromatic N) is 3. The zero-order valence-electron chi connectivity index (χ0n) is 23.1. The molecule has 1 aliphatic rings. The summed E-state index contributed by atoms with van der Waals surface area (Å²) >= 11 is 1.37. The third kappa shape index (κ3) is 8.03. The van der Waals surface area contributed by atoms with Crippen LogP contribution in [0.2, 0.25) is 0 Å². The molecule has 1 aliphatic heterocycles. The van der Waals surface area contributed by atoms with Crippen molar-refractivity contribution < 1.29 is 19.4 Å². The third-order valence-electron chi connectivity index (χ3n) is 7.03. The van der Waals surface area contributed by atoms with Gasteiger partial charge in [0.05, 0.1) is 29.2 Å². The maximum Gasteiger partial charge on any atom is 0.265 e. The smallest absolute Gasteiger partial charge is 0.265 e. The number of methoxy groups -OCH3 is 1. The molecule has 1 amide bonds. The van der Waals surface area contributed by atoms with Gasteiger partial charge in [0.2, 0.25) is 5.95 Å². The SMILES string of the molecule is COc1cccc(NC(=O)c2ccc(-c3ccnc(Nc4ccc(OCCCN5CCC(CO)CC5)cc4)n3)s2)c1. The number of likely N-dealkylation sites (tertiary alicyclic amines) is 1. The standard InChI is InChI=1S/C31H35N5O4S/c1-39-26-5-2-4-24(20-26)33-30(38)29-11-10-28(41-29)27-12-15-32-31(35-27)34-23-6-8-25(9-7-23)40-19-3-16-36-17-13-22(21-37)14-18-36/h2,4-12,15,20,22,37H,3,13-14,16-19,21H2,1H3,(H,33,38)(H,32,34,35). The molecule has 1 saturated heterocycles. The molecule has 10 heteroatoms. The number of aliphatic hydroxyl groups excluding tert-OH is 1. The monoisotopic (exact) mass is 573 g/mol. The second-order valence-corrected chi connectivity index (χ2v) is 11.0. The fourth-order valence-corrected chi connectivity index (χ4v) is 5.55. The number of aromatic nitrogens is 2. The van der Waals surface area contributed by atoms with E-state index in [1.807, 2.05) is 54.6 Å². The fraction of sp³-hybridized carbons (Fsp3) is 0.323. The Morgan fingerprint density at radius 3 is 2.66 bits per heavy atom. The number of thiophene rings is 1. The lowest BCUT2D eigenvalue weighted by atomic mass is 9.98. The van der Waals surface area contributed by atoms with Crippen LogP contribution in [0, 0.1) is 5.92 Å². The number of rotatable bonds is 12. The van der Waals surface area contributed by atoms with E-state index in [0.717, 1.165) is 60.9 Å². The van der Waals surface area contributed by atoms with Gasteiger partial charge in [0, 0.05) is 36.8 Å². The van der Waals surface area contributed by atoms with Gasteiger partial charge in [-0.1, -0.05) is 6.07 Å². The molecule has 5 rings (SSSR count). The number of benzene rings is 2. The first kappa shape index (κ1) is 28.5. The highest BCUT2D eigenvalue weighted by atomic mass is 32.1. The van der Waals surface area contributed by atoms with Crippen LogP contribution < -0.4 is 20.1 Å². The number of amides is 1. The van der Waals surface area contributed by atoms with E-state index in [1.54, 1.807) is 25.4 Å². The summed E-state index contributed by atoms with van der Waals surface area (Å²) in [5.74, 6) is 2.25. The number of piperidine rings is 1. The van der Waals surface area contributed by atoms with Crippen molar-refractivity contribution in [3.63, 3.8) is 0 Å². The topological polar surface area (TPSA) is 109 Å². The second kappa shape index (κ2) is 14.1. The van der Waals surface area contributed by atoms with Crippen molar-refractivity contribution in [1.82, 2.24) is 14.9 Å². The van der Waals surface area contributed by atoms with Gasteiger partial charge in [-0.2, -0.15) is 0 Å². The van der Waals surface area contributed by atoms with E-state index in [1.165, 1.54) is 11.3 Å². The Bertz CT molecular complexity index is 1420. The molecule has 0 atom stereocenters. The van der Waals surface area contributed by atoms with Gasteiger partial charge in [0.25, 0.3) is 5.91 Å². The van der Waals surface area contributed by atoms with E-state index in [2.05, 4.69) is 25.5 Å². The Kier molecular flexibility index (Phi) is 9.79. The summed E-state index contributed by atoms with van der Waals surface area (Å²) in [6.45, 7) is 4.11. The van der Waals surface area contributed by atoms with Gasteiger partial charge < -0.3 is 30.1 Å². The summed E-state index contributed by atoms with van der Waals surface area (Å²) in [4.78, 5) is 25.7. The highest BCUT2D eigenvalue weighted by molar-refractivity contribution is 7.17. The molecule has 0 bridgehead atoms. The van der Waals surface area contributed by atoms with Crippen LogP contribution in [0.3, 0.4) is 0 Å². The van der Waals surface area contributed by atoms with Crippen LogP contribution in [-0.2, 0) is 0 Å². The predicted molar refractivity (Wildman–Crippen MR) is 162 cm³/mol. The van der Waals surface area contributed by atoms with Crippen LogP contribution in [0.4, 0.5) is 17.3 Å². The number of nitrogens with one attached hydrogen (secondary N) is 2. The van der Waals surface area contributed by atoms with Crippen molar-refractivity contribution in [3.05, 3.63) is 77.8 Å². The Balaban J connectivity index is 1.11. The van der Waals surface area contributed by atoms with Crippen LogP contribution in [0.15, 0.2) is 72.9 Å². The number of carbonyl (C=O) groups excluding carboxylic acids is 1. The largest absolute Gasteiger partial charge is 0.497 e. The van der Waals surface area contributed by atoms with Crippen molar-refractivity contribution in [2.24, 2.45) is 5.92 Å². The lowest BCUT2D eigenvalue weighted by molar-refractivity contribution is 0.103. The molecule has 0 spiro atoms. The Hall–Kier alpha value is -3.99. The average molecular weight is 574 g/mol. The lowest BCUT2D eigenvalue weighted by Crippen LogP contribution is -2.35. The van der Waals surface area contributed by atoms with Gasteiger partial charge in [0.15, 0.2) is 0 Å². The van der Waals surface area contributed by atoms with E-state index >= 15 is 0 Å². The molecule has 3 N–H and O–H groups in total. The molecule has 2 aromatic carbocycles. The normalized spacial score (nSPS) is 14.0. The Morgan fingerprint density at radius 1 is 1.05 bits per heavy atom. The number of anilines is 3. The molecule has 214 valence electrons. The molecular weight excluding hydrogens is 538 g/mol. The Morgan fingerprint density at radius 2 is 1.88 bits per heavy atom. The minimum atomic E-state index is -0.188. The van der Waals surface area contributed by atoms with Gasteiger partial charge in [-0.15, -0.1) is 11.3 Å². The quantitative estimate of drug-likeness (QED) is 0.186. The number of hydrogen-bond acceptors (Lipinski definition) is 9. The first-order chi connectivity index (χ1) is 20.1. The maximum atomic E-state index is 12.8. The van der Waals surface area contributed by atoms with Crippen LogP contribution in [0.5, 0.6) is 11.5 Å². The molecule has 41 heavy (non-hydrogen) atoms. The molecule has 0 aliphatic carbocycles. The van der Waals surface area contributed by atoms with Crippen LogP contribution >= 0.6 is 11.3 Å². The summed E-state index contributed by atoms with van der Waals surface area (Å²) in [6, 6.07) is 20.5. The van der Waals surface area contributed by atoms with Crippen molar-refractivity contribution in [3.8, 4) is 22.1 Å². The van der Waals surface area contributed by atoms with E-state index in [9.17, 15) is 9.90 Å². The van der Waals surface area contributed by atoms with E-state index in [0.29, 0.717) is 41.4 Å². The zero-order valence-corrected chi connectivity index (χ0v) is 23.9. The van der Waals surface area contributed by atoms with Gasteiger partial charge in [-0.3, -0.25) is 4.79 Å². The average Bonchev–Trinajstić information content (AvgIpc) is 3.52. The predicted octanol–water partition coefficient (Wildman–Crippen LogP) is 5.68. The summed E-state index contributed by atoms with van der Waals surface area (Å²) in [5, 5.41) is 15.4. The fourth-order valence-electron chi connectivity index (χ4n) is 4.68. The summed E-state index contributed by atoms with van der Waals surface area (Å²) in [6.07, 6.45) is 4.83. The van der Waals surface area contributed by atoms with Crippen molar-refractivity contribution in [1.29, 1.82) is 0 Å². The highest BCUT2D eigenvalue weighted by Gasteiger charge is 2.18. The summed E-state index contributed by atoms with van der Waals surface area (Å²) in [5.41, 5.74) is 2.25. The molecule has 4 aromatic rings. The van der Waals surface area contributed by atoms with E-state index in [4.69, 9.17) is 9.47 Å². The van der Waals surface area contributed by atoms with Gasteiger partial charge >= 0.3 is 0 Å². The first-order valence-electron chi connectivity index (χ1n) is 13.8. The molecule has 3 heterocycles. The Labute approximate surface area is 244 Å².